The fourth-order valence-electron chi connectivity index (χ4n) is 3.95. The second-order valence-corrected chi connectivity index (χ2v) is 6.89. The van der Waals surface area contributed by atoms with Gasteiger partial charge in [-0.3, -0.25) is 9.58 Å². The monoisotopic (exact) mass is 336 g/mol. The molecule has 5 heteroatoms. The summed E-state index contributed by atoms with van der Waals surface area (Å²) in [7, 11) is 0. The molecular formula is C20H24N4O. The Kier molecular flexibility index (Phi) is 4.40. The molecule has 1 aliphatic rings. The van der Waals surface area contributed by atoms with Gasteiger partial charge >= 0.3 is 0 Å². The Morgan fingerprint density at radius 3 is 2.72 bits per heavy atom. The minimum atomic E-state index is 0.418. The molecule has 1 fully saturated rings. The maximum atomic E-state index is 5.40. The molecule has 0 unspecified atom stereocenters. The van der Waals surface area contributed by atoms with Crippen molar-refractivity contribution in [2.75, 3.05) is 6.54 Å². The standard InChI is InChI=1S/C20H24N4O/c1-15-20(16(2)25-22-15)19-8-4-10-23(19)13-17-6-3-7-18(12-17)14-24-11-5-9-21-24/h3,5-7,9,11-12,19H,4,8,10,13-14H2,1-2H3/t19-/m1/s1. The van der Waals surface area contributed by atoms with Gasteiger partial charge in [0.25, 0.3) is 0 Å². The quantitative estimate of drug-likeness (QED) is 0.709. The Bertz CT molecular complexity index is 818. The Balaban J connectivity index is 1.51. The summed E-state index contributed by atoms with van der Waals surface area (Å²) in [5, 5.41) is 8.45. The van der Waals surface area contributed by atoms with E-state index in [1.54, 1.807) is 0 Å². The first-order valence-corrected chi connectivity index (χ1v) is 8.93. The van der Waals surface area contributed by atoms with Crippen molar-refractivity contribution >= 4 is 0 Å². The van der Waals surface area contributed by atoms with Gasteiger partial charge in [-0.15, -0.1) is 0 Å². The van der Waals surface area contributed by atoms with Crippen molar-refractivity contribution in [3.8, 4) is 0 Å². The van der Waals surface area contributed by atoms with Crippen LogP contribution in [0.3, 0.4) is 0 Å². The maximum Gasteiger partial charge on any atom is 0.138 e. The molecule has 3 heterocycles. The molecule has 4 rings (SSSR count). The number of aromatic nitrogens is 3. The van der Waals surface area contributed by atoms with Crippen molar-refractivity contribution in [1.82, 2.24) is 19.8 Å². The summed E-state index contributed by atoms with van der Waals surface area (Å²) < 4.78 is 7.36. The van der Waals surface area contributed by atoms with Gasteiger partial charge < -0.3 is 4.52 Å². The molecule has 0 bridgehead atoms. The zero-order valence-corrected chi connectivity index (χ0v) is 14.9. The highest BCUT2D eigenvalue weighted by molar-refractivity contribution is 5.28. The van der Waals surface area contributed by atoms with E-state index >= 15 is 0 Å². The summed E-state index contributed by atoms with van der Waals surface area (Å²) in [6.45, 7) is 6.97. The van der Waals surface area contributed by atoms with Gasteiger partial charge in [0.1, 0.15) is 5.76 Å². The molecule has 1 aliphatic heterocycles. The Hall–Kier alpha value is -2.40. The molecule has 3 aromatic rings. The van der Waals surface area contributed by atoms with Crippen LogP contribution in [0.5, 0.6) is 0 Å². The van der Waals surface area contributed by atoms with Crippen LogP contribution in [0.4, 0.5) is 0 Å². The lowest BCUT2D eigenvalue weighted by molar-refractivity contribution is 0.245. The van der Waals surface area contributed by atoms with Crippen LogP contribution in [-0.4, -0.2) is 26.4 Å². The van der Waals surface area contributed by atoms with Crippen LogP contribution in [0.15, 0.2) is 47.2 Å². The van der Waals surface area contributed by atoms with E-state index in [0.717, 1.165) is 31.1 Å². The molecule has 0 spiro atoms. The zero-order valence-electron chi connectivity index (χ0n) is 14.9. The highest BCUT2D eigenvalue weighted by Gasteiger charge is 2.30. The first-order chi connectivity index (χ1) is 12.2. The molecule has 0 radical (unpaired) electrons. The fourth-order valence-corrected chi connectivity index (χ4v) is 3.95. The molecule has 0 saturated carbocycles. The van der Waals surface area contributed by atoms with Gasteiger partial charge in [-0.05, 0) is 50.4 Å². The first kappa shape index (κ1) is 16.1. The van der Waals surface area contributed by atoms with Gasteiger partial charge in [-0.1, -0.05) is 29.4 Å². The molecule has 0 N–H and O–H groups in total. The van der Waals surface area contributed by atoms with E-state index in [1.165, 1.54) is 29.5 Å². The van der Waals surface area contributed by atoms with Crippen molar-refractivity contribution in [3.05, 3.63) is 70.9 Å². The topological polar surface area (TPSA) is 47.1 Å². The second-order valence-electron chi connectivity index (χ2n) is 6.89. The number of aryl methyl sites for hydroxylation is 2. The summed E-state index contributed by atoms with van der Waals surface area (Å²) >= 11 is 0. The van der Waals surface area contributed by atoms with E-state index in [2.05, 4.69) is 39.4 Å². The minimum Gasteiger partial charge on any atom is -0.361 e. The lowest BCUT2D eigenvalue weighted by Crippen LogP contribution is -2.23. The number of likely N-dealkylation sites (tertiary alicyclic amines) is 1. The summed E-state index contributed by atoms with van der Waals surface area (Å²) in [6, 6.07) is 11.2. The largest absolute Gasteiger partial charge is 0.361 e. The number of nitrogens with zero attached hydrogens (tertiary/aromatic N) is 4. The summed E-state index contributed by atoms with van der Waals surface area (Å²) in [5.41, 5.74) is 4.95. The van der Waals surface area contributed by atoms with Gasteiger partial charge in [0, 0.05) is 30.5 Å². The second kappa shape index (κ2) is 6.84. The average molecular weight is 336 g/mol. The third-order valence-electron chi connectivity index (χ3n) is 5.07. The van der Waals surface area contributed by atoms with Gasteiger partial charge in [0.15, 0.2) is 0 Å². The molecular weight excluding hydrogens is 312 g/mol. The van der Waals surface area contributed by atoms with E-state index in [-0.39, 0.29) is 0 Å². The predicted octanol–water partition coefficient (Wildman–Crippen LogP) is 3.87. The molecule has 1 aromatic carbocycles. The SMILES string of the molecule is Cc1noc(C)c1[C@H]1CCCN1Cc1cccc(Cn2cccn2)c1. The van der Waals surface area contributed by atoms with E-state index in [1.807, 2.05) is 37.0 Å². The zero-order chi connectivity index (χ0) is 17.2. The van der Waals surface area contributed by atoms with E-state index in [0.29, 0.717) is 6.04 Å². The molecule has 0 amide bonds. The third-order valence-corrected chi connectivity index (χ3v) is 5.07. The first-order valence-electron chi connectivity index (χ1n) is 8.93. The van der Waals surface area contributed by atoms with Crippen LogP contribution < -0.4 is 0 Å². The van der Waals surface area contributed by atoms with Crippen molar-refractivity contribution in [2.24, 2.45) is 0 Å². The number of hydrogen-bond acceptors (Lipinski definition) is 4. The Morgan fingerprint density at radius 1 is 1.16 bits per heavy atom. The van der Waals surface area contributed by atoms with Crippen LogP contribution in [0.25, 0.3) is 0 Å². The van der Waals surface area contributed by atoms with Crippen LogP contribution in [0.1, 0.15) is 47.0 Å². The lowest BCUT2D eigenvalue weighted by Gasteiger charge is -2.24. The Morgan fingerprint density at radius 2 is 2.00 bits per heavy atom. The van der Waals surface area contributed by atoms with Crippen molar-refractivity contribution in [1.29, 1.82) is 0 Å². The normalized spacial score (nSPS) is 18.1. The molecule has 25 heavy (non-hydrogen) atoms. The Labute approximate surface area is 148 Å². The summed E-state index contributed by atoms with van der Waals surface area (Å²) in [5.74, 6) is 0.960. The molecule has 1 atom stereocenters. The van der Waals surface area contributed by atoms with Gasteiger partial charge in [0.2, 0.25) is 0 Å². The number of hydrogen-bond donors (Lipinski definition) is 0. The highest BCUT2D eigenvalue weighted by Crippen LogP contribution is 2.36. The molecule has 130 valence electrons. The number of benzene rings is 1. The molecule has 1 saturated heterocycles. The van der Waals surface area contributed by atoms with Crippen molar-refractivity contribution < 1.29 is 4.52 Å². The van der Waals surface area contributed by atoms with Crippen LogP contribution >= 0.6 is 0 Å². The smallest absolute Gasteiger partial charge is 0.138 e. The van der Waals surface area contributed by atoms with Gasteiger partial charge in [0.05, 0.1) is 12.2 Å². The fraction of sp³-hybridized carbons (Fsp3) is 0.400. The van der Waals surface area contributed by atoms with Crippen LogP contribution in [0, 0.1) is 13.8 Å². The van der Waals surface area contributed by atoms with Crippen molar-refractivity contribution in [3.63, 3.8) is 0 Å². The molecule has 2 aromatic heterocycles. The third kappa shape index (κ3) is 3.37. The van der Waals surface area contributed by atoms with Crippen LogP contribution in [-0.2, 0) is 13.1 Å². The van der Waals surface area contributed by atoms with Gasteiger partial charge in [-0.2, -0.15) is 5.10 Å². The van der Waals surface area contributed by atoms with Gasteiger partial charge in [-0.25, -0.2) is 0 Å². The highest BCUT2D eigenvalue weighted by atomic mass is 16.5. The summed E-state index contributed by atoms with van der Waals surface area (Å²) in [6.07, 6.45) is 6.22. The van der Waals surface area contributed by atoms with E-state index in [4.69, 9.17) is 4.52 Å². The van der Waals surface area contributed by atoms with Crippen LogP contribution in [0.2, 0.25) is 0 Å². The maximum absolute atomic E-state index is 5.40. The van der Waals surface area contributed by atoms with Crippen molar-refractivity contribution in [2.45, 2.75) is 45.8 Å². The summed E-state index contributed by atoms with van der Waals surface area (Å²) in [4.78, 5) is 2.56. The molecule has 0 aliphatic carbocycles. The lowest BCUT2D eigenvalue weighted by atomic mass is 10.0. The minimum absolute atomic E-state index is 0.418. The van der Waals surface area contributed by atoms with E-state index in [9.17, 15) is 0 Å². The number of rotatable bonds is 5. The molecule has 5 nitrogen and oxygen atoms in total. The predicted molar refractivity (Wildman–Crippen MR) is 96.1 cm³/mol. The van der Waals surface area contributed by atoms with E-state index < -0.39 is 0 Å². The average Bonchev–Trinajstić information content (AvgIpc) is 3.32.